The molecule has 1 atom stereocenters. The molecule has 0 aliphatic carbocycles. The number of carbonyl (C=O) groups excluding carboxylic acids is 1. The molecule has 0 aromatic carbocycles. The van der Waals surface area contributed by atoms with Crippen LogP contribution in [0.2, 0.25) is 0 Å². The smallest absolute Gasteiger partial charge is 0.335 e. The van der Waals surface area contributed by atoms with Crippen molar-refractivity contribution in [2.75, 3.05) is 38.2 Å². The fraction of sp³-hybridized carbons (Fsp3) is 0.938. The van der Waals surface area contributed by atoms with Gasteiger partial charge < -0.3 is 15.1 Å². The van der Waals surface area contributed by atoms with Crippen molar-refractivity contribution in [3.63, 3.8) is 0 Å². The topological polar surface area (TPSA) is 69.7 Å². The van der Waals surface area contributed by atoms with Gasteiger partial charge in [0.1, 0.15) is 9.84 Å². The zero-order valence-electron chi connectivity index (χ0n) is 15.5. The highest BCUT2D eigenvalue weighted by Gasteiger charge is 2.56. The SMILES string of the molecule is CC1(C)[C@H](C(F)(F)F)CCN1C(=O)NC1CCN(CCS(C)(=O)=O)CC1. The van der Waals surface area contributed by atoms with Crippen LogP contribution < -0.4 is 5.32 Å². The number of nitrogens with zero attached hydrogens (tertiary/aromatic N) is 2. The van der Waals surface area contributed by atoms with Crippen molar-refractivity contribution in [2.24, 2.45) is 5.92 Å². The molecule has 0 saturated carbocycles. The Morgan fingerprint density at radius 1 is 1.15 bits per heavy atom. The van der Waals surface area contributed by atoms with Crippen LogP contribution in [0.4, 0.5) is 18.0 Å². The fourth-order valence-electron chi connectivity index (χ4n) is 3.86. The van der Waals surface area contributed by atoms with Crippen molar-refractivity contribution >= 4 is 15.9 Å². The van der Waals surface area contributed by atoms with Gasteiger partial charge in [-0.2, -0.15) is 13.2 Å². The standard InChI is InChI=1S/C16H28F3N3O3S/c1-15(2)13(16(17,18)19)6-9-22(15)14(23)20-12-4-7-21(8-5-12)10-11-26(3,24)25/h12-13H,4-11H2,1-3H3,(H,20,23)/t13-/m1/s1. The second-order valence-corrected chi connectivity index (χ2v) is 10.1. The first-order valence-corrected chi connectivity index (χ1v) is 10.9. The van der Waals surface area contributed by atoms with Gasteiger partial charge in [0.05, 0.1) is 17.2 Å². The van der Waals surface area contributed by atoms with Crippen LogP contribution in [0.15, 0.2) is 0 Å². The number of halogens is 3. The number of sulfone groups is 1. The molecule has 1 N–H and O–H groups in total. The first-order valence-electron chi connectivity index (χ1n) is 8.85. The molecule has 2 amide bonds. The Kier molecular flexibility index (Phi) is 6.16. The Morgan fingerprint density at radius 2 is 1.73 bits per heavy atom. The lowest BCUT2D eigenvalue weighted by Crippen LogP contribution is -2.55. The number of carbonyl (C=O) groups is 1. The van der Waals surface area contributed by atoms with Crippen LogP contribution in [-0.2, 0) is 9.84 Å². The predicted octanol–water partition coefficient (Wildman–Crippen LogP) is 1.87. The van der Waals surface area contributed by atoms with Crippen molar-refractivity contribution < 1.29 is 26.4 Å². The minimum Gasteiger partial charge on any atom is -0.335 e. The van der Waals surface area contributed by atoms with E-state index in [1.165, 1.54) is 25.0 Å². The highest BCUT2D eigenvalue weighted by molar-refractivity contribution is 7.90. The molecular formula is C16H28F3N3O3S. The first kappa shape index (κ1) is 21.3. The molecule has 0 radical (unpaired) electrons. The Labute approximate surface area is 153 Å². The highest BCUT2D eigenvalue weighted by atomic mass is 32.2. The maximum absolute atomic E-state index is 13.1. The molecule has 152 valence electrons. The lowest BCUT2D eigenvalue weighted by atomic mass is 9.88. The van der Waals surface area contributed by atoms with Gasteiger partial charge in [0.15, 0.2) is 0 Å². The molecule has 0 spiro atoms. The van der Waals surface area contributed by atoms with Crippen molar-refractivity contribution in [3.05, 3.63) is 0 Å². The number of urea groups is 1. The van der Waals surface area contributed by atoms with Crippen LogP contribution in [0.1, 0.15) is 33.1 Å². The van der Waals surface area contributed by atoms with Crippen LogP contribution in [0.5, 0.6) is 0 Å². The Balaban J connectivity index is 1.84. The number of rotatable bonds is 4. The Bertz CT molecular complexity index is 614. The Hall–Kier alpha value is -1.03. The molecule has 2 saturated heterocycles. The van der Waals surface area contributed by atoms with E-state index in [1.807, 2.05) is 4.90 Å². The maximum Gasteiger partial charge on any atom is 0.394 e. The first-order chi connectivity index (χ1) is 11.8. The summed E-state index contributed by atoms with van der Waals surface area (Å²) in [6.45, 7) is 4.81. The molecule has 10 heteroatoms. The zero-order valence-corrected chi connectivity index (χ0v) is 16.3. The summed E-state index contributed by atoms with van der Waals surface area (Å²) in [7, 11) is -3.01. The van der Waals surface area contributed by atoms with Gasteiger partial charge in [0, 0.05) is 38.5 Å². The lowest BCUT2D eigenvalue weighted by Gasteiger charge is -2.38. The maximum atomic E-state index is 13.1. The average Bonchev–Trinajstić information content (AvgIpc) is 2.81. The largest absolute Gasteiger partial charge is 0.394 e. The third kappa shape index (κ3) is 5.25. The van der Waals surface area contributed by atoms with Crippen LogP contribution in [0.25, 0.3) is 0 Å². The molecule has 2 rings (SSSR count). The number of likely N-dealkylation sites (tertiary alicyclic amines) is 2. The molecular weight excluding hydrogens is 371 g/mol. The second-order valence-electron chi connectivity index (χ2n) is 7.88. The summed E-state index contributed by atoms with van der Waals surface area (Å²) in [5, 5.41) is 2.86. The highest BCUT2D eigenvalue weighted by Crippen LogP contribution is 2.44. The summed E-state index contributed by atoms with van der Waals surface area (Å²) in [6.07, 6.45) is -1.87. The molecule has 2 aliphatic heterocycles. The summed E-state index contributed by atoms with van der Waals surface area (Å²) in [4.78, 5) is 15.8. The van der Waals surface area contributed by atoms with E-state index in [1.54, 1.807) is 0 Å². The van der Waals surface area contributed by atoms with E-state index >= 15 is 0 Å². The molecule has 2 aliphatic rings. The molecule has 0 unspecified atom stereocenters. The van der Waals surface area contributed by atoms with Crippen molar-refractivity contribution in [1.29, 1.82) is 0 Å². The molecule has 2 fully saturated rings. The molecule has 2 heterocycles. The molecule has 0 bridgehead atoms. The lowest BCUT2D eigenvalue weighted by molar-refractivity contribution is -0.189. The van der Waals surface area contributed by atoms with Crippen molar-refractivity contribution in [1.82, 2.24) is 15.1 Å². The molecule has 0 aromatic heterocycles. The van der Waals surface area contributed by atoms with Gasteiger partial charge in [0.2, 0.25) is 0 Å². The van der Waals surface area contributed by atoms with E-state index in [9.17, 15) is 26.4 Å². The van der Waals surface area contributed by atoms with Gasteiger partial charge in [-0.3, -0.25) is 0 Å². The normalized spacial score (nSPS) is 25.5. The third-order valence-electron chi connectivity index (χ3n) is 5.52. The fourth-order valence-corrected chi connectivity index (χ4v) is 4.45. The number of hydrogen-bond donors (Lipinski definition) is 1. The number of hydrogen-bond acceptors (Lipinski definition) is 4. The summed E-state index contributed by atoms with van der Waals surface area (Å²) in [5.74, 6) is -1.41. The quantitative estimate of drug-likeness (QED) is 0.784. The second kappa shape index (κ2) is 7.53. The Morgan fingerprint density at radius 3 is 2.19 bits per heavy atom. The van der Waals surface area contributed by atoms with E-state index in [2.05, 4.69) is 5.32 Å². The van der Waals surface area contributed by atoms with Crippen LogP contribution in [0.3, 0.4) is 0 Å². The van der Waals surface area contributed by atoms with Gasteiger partial charge >= 0.3 is 12.2 Å². The molecule has 0 aromatic rings. The van der Waals surface area contributed by atoms with Crippen molar-refractivity contribution in [3.8, 4) is 0 Å². The van der Waals surface area contributed by atoms with Crippen LogP contribution >= 0.6 is 0 Å². The summed E-state index contributed by atoms with van der Waals surface area (Å²) < 4.78 is 61.9. The number of nitrogens with one attached hydrogen (secondary N) is 1. The summed E-state index contributed by atoms with van der Waals surface area (Å²) in [5.41, 5.74) is -1.27. The zero-order chi connectivity index (χ0) is 19.8. The number of amides is 2. The summed E-state index contributed by atoms with van der Waals surface area (Å²) >= 11 is 0. The van der Waals surface area contributed by atoms with Crippen LogP contribution in [-0.4, -0.2) is 80.2 Å². The number of alkyl halides is 3. The minimum atomic E-state index is -4.32. The van der Waals surface area contributed by atoms with Gasteiger partial charge in [-0.1, -0.05) is 0 Å². The average molecular weight is 399 g/mol. The van der Waals surface area contributed by atoms with Crippen molar-refractivity contribution in [2.45, 2.75) is 50.9 Å². The van der Waals surface area contributed by atoms with E-state index in [0.717, 1.165) is 0 Å². The number of piperidine rings is 1. The monoisotopic (exact) mass is 399 g/mol. The van der Waals surface area contributed by atoms with E-state index < -0.39 is 33.5 Å². The summed E-state index contributed by atoms with van der Waals surface area (Å²) in [6, 6.07) is -0.547. The van der Waals surface area contributed by atoms with Crippen LogP contribution in [0, 0.1) is 5.92 Å². The third-order valence-corrected chi connectivity index (χ3v) is 6.45. The van der Waals surface area contributed by atoms with Gasteiger partial charge in [-0.15, -0.1) is 0 Å². The van der Waals surface area contributed by atoms with Gasteiger partial charge in [0.25, 0.3) is 0 Å². The van der Waals surface area contributed by atoms with E-state index in [-0.39, 0.29) is 24.8 Å². The van der Waals surface area contributed by atoms with E-state index in [4.69, 9.17) is 0 Å². The molecule has 26 heavy (non-hydrogen) atoms. The molecule has 6 nitrogen and oxygen atoms in total. The van der Waals surface area contributed by atoms with Gasteiger partial charge in [-0.25, -0.2) is 13.2 Å². The van der Waals surface area contributed by atoms with E-state index in [0.29, 0.717) is 32.5 Å². The minimum absolute atomic E-state index is 0.0755. The van der Waals surface area contributed by atoms with Gasteiger partial charge in [-0.05, 0) is 33.1 Å². The predicted molar refractivity (Wildman–Crippen MR) is 92.7 cm³/mol.